The summed E-state index contributed by atoms with van der Waals surface area (Å²) in [6, 6.07) is 12.3. The van der Waals surface area contributed by atoms with Gasteiger partial charge in [-0.1, -0.05) is 33.6 Å². The van der Waals surface area contributed by atoms with E-state index in [0.717, 1.165) is 34.6 Å². The van der Waals surface area contributed by atoms with Crippen LogP contribution in [0.2, 0.25) is 0 Å². The molecule has 2 aromatic rings. The molecule has 0 bridgehead atoms. The van der Waals surface area contributed by atoms with Gasteiger partial charge in [-0.15, -0.1) is 11.8 Å². The minimum absolute atomic E-state index is 0.182. The number of carbonyl (C=O) groups is 1. The Morgan fingerprint density at radius 2 is 1.85 bits per heavy atom. The van der Waals surface area contributed by atoms with Crippen molar-refractivity contribution < 1.29 is 9.53 Å². The van der Waals surface area contributed by atoms with E-state index in [9.17, 15) is 4.79 Å². The molecule has 0 N–H and O–H groups in total. The van der Waals surface area contributed by atoms with Crippen LogP contribution < -0.4 is 4.74 Å². The van der Waals surface area contributed by atoms with Gasteiger partial charge in [-0.3, -0.25) is 4.79 Å². The van der Waals surface area contributed by atoms with Gasteiger partial charge in [0.05, 0.1) is 5.56 Å². The van der Waals surface area contributed by atoms with Gasteiger partial charge in [0.2, 0.25) is 0 Å². The normalized spacial score (nSPS) is 22.6. The average molecular weight is 446 g/mol. The number of hydrogen-bond acceptors (Lipinski definition) is 4. The number of fused-ring (bicyclic) bond motifs is 1. The van der Waals surface area contributed by atoms with Gasteiger partial charge in [-0.25, -0.2) is 0 Å². The van der Waals surface area contributed by atoms with Crippen LogP contribution in [-0.2, 0) is 0 Å². The van der Waals surface area contributed by atoms with E-state index in [4.69, 9.17) is 4.74 Å². The predicted octanol–water partition coefficient (Wildman–Crippen LogP) is 5.27. The molecule has 2 heterocycles. The lowest BCUT2D eigenvalue weighted by Crippen LogP contribution is -2.52. The second kappa shape index (κ2) is 7.61. The Bertz CT molecular complexity index is 861. The van der Waals surface area contributed by atoms with Gasteiger partial charge in [-0.05, 0) is 69.6 Å². The van der Waals surface area contributed by atoms with Gasteiger partial charge < -0.3 is 9.64 Å². The summed E-state index contributed by atoms with van der Waals surface area (Å²) in [5, 5.41) is 0. The van der Waals surface area contributed by atoms with E-state index in [-0.39, 0.29) is 5.78 Å². The van der Waals surface area contributed by atoms with Gasteiger partial charge in [0.15, 0.2) is 5.78 Å². The van der Waals surface area contributed by atoms with Crippen LogP contribution in [0.4, 0.5) is 0 Å². The molecule has 4 rings (SSSR count). The van der Waals surface area contributed by atoms with Crippen molar-refractivity contribution in [3.8, 4) is 5.75 Å². The summed E-state index contributed by atoms with van der Waals surface area (Å²) in [4.78, 5) is 17.2. The van der Waals surface area contributed by atoms with Crippen LogP contribution in [0.25, 0.3) is 0 Å². The molecule has 0 aliphatic carbocycles. The molecule has 0 radical (unpaired) electrons. The maximum atomic E-state index is 13.7. The Morgan fingerprint density at radius 1 is 1.15 bits per heavy atom. The first kappa shape index (κ1) is 19.0. The molecule has 0 spiro atoms. The molecule has 3 nitrogen and oxygen atoms in total. The van der Waals surface area contributed by atoms with Crippen molar-refractivity contribution in [3.05, 3.63) is 57.6 Å². The first-order valence-corrected chi connectivity index (χ1v) is 11.0. The highest BCUT2D eigenvalue weighted by atomic mass is 79.9. The number of benzene rings is 2. The lowest BCUT2D eigenvalue weighted by atomic mass is 9.92. The quantitative estimate of drug-likeness (QED) is 0.640. The van der Waals surface area contributed by atoms with Crippen LogP contribution >= 0.6 is 27.7 Å². The number of halogens is 1. The van der Waals surface area contributed by atoms with E-state index in [1.807, 2.05) is 19.1 Å². The summed E-state index contributed by atoms with van der Waals surface area (Å²) in [5.41, 5.74) is 3.00. The van der Waals surface area contributed by atoms with Crippen molar-refractivity contribution in [2.75, 3.05) is 26.2 Å². The summed E-state index contributed by atoms with van der Waals surface area (Å²) in [7, 11) is 0. The van der Waals surface area contributed by atoms with Gasteiger partial charge in [0.1, 0.15) is 17.1 Å². The zero-order valence-corrected chi connectivity index (χ0v) is 18.2. The molecule has 0 unspecified atom stereocenters. The van der Waals surface area contributed by atoms with Crippen LogP contribution in [0.1, 0.15) is 34.3 Å². The second-order valence-corrected chi connectivity index (χ2v) is 9.92. The second-order valence-electron chi connectivity index (χ2n) is 7.61. The standard InChI is InChI=1S/C22H24BrNO2S/c1-15-5-7-17(8-6-15)27-22(13-24-9-3-4-10-24)14-26-20-11-16(2)19(23)12-18(20)21(22)25/h5-8,11-12H,3-4,9-10,13-14H2,1-2H3/t22-/m0/s1. The molecule has 0 saturated carbocycles. The van der Waals surface area contributed by atoms with Gasteiger partial charge >= 0.3 is 0 Å². The third-order valence-electron chi connectivity index (χ3n) is 5.39. The highest BCUT2D eigenvalue weighted by Gasteiger charge is 2.47. The highest BCUT2D eigenvalue weighted by molar-refractivity contribution is 9.10. The van der Waals surface area contributed by atoms with E-state index in [0.29, 0.717) is 17.9 Å². The monoisotopic (exact) mass is 445 g/mol. The number of ketones is 1. The van der Waals surface area contributed by atoms with Gasteiger partial charge in [-0.2, -0.15) is 0 Å². The fourth-order valence-corrected chi connectivity index (χ4v) is 5.45. The number of carbonyl (C=O) groups excluding carboxylic acids is 1. The van der Waals surface area contributed by atoms with E-state index in [1.165, 1.54) is 18.4 Å². The lowest BCUT2D eigenvalue weighted by molar-refractivity contribution is 0.0832. The fourth-order valence-electron chi connectivity index (χ4n) is 3.82. The molecule has 1 saturated heterocycles. The third-order valence-corrected chi connectivity index (χ3v) is 7.58. The number of hydrogen-bond donors (Lipinski definition) is 0. The van der Waals surface area contributed by atoms with Gasteiger partial charge in [0.25, 0.3) is 0 Å². The zero-order chi connectivity index (χ0) is 19.0. The van der Waals surface area contributed by atoms with E-state index in [2.05, 4.69) is 52.0 Å². The van der Waals surface area contributed by atoms with E-state index >= 15 is 0 Å². The Kier molecular flexibility index (Phi) is 5.36. The van der Waals surface area contributed by atoms with Crippen molar-refractivity contribution in [1.82, 2.24) is 4.90 Å². The molecule has 0 aromatic heterocycles. The number of ether oxygens (including phenoxy) is 1. The Morgan fingerprint density at radius 3 is 2.56 bits per heavy atom. The maximum absolute atomic E-state index is 13.7. The Labute approximate surface area is 173 Å². The molecular formula is C22H24BrNO2S. The third kappa shape index (κ3) is 3.82. The SMILES string of the molecule is Cc1ccc(S[C@@]2(CN3CCCC3)COc3cc(C)c(Br)cc3C2=O)cc1. The number of rotatable bonds is 4. The minimum atomic E-state index is -0.610. The number of likely N-dealkylation sites (tertiary alicyclic amines) is 1. The van der Waals surface area contributed by atoms with Gasteiger partial charge in [0, 0.05) is 15.9 Å². The molecule has 0 amide bonds. The lowest BCUT2D eigenvalue weighted by Gasteiger charge is -2.38. The molecule has 142 valence electrons. The van der Waals surface area contributed by atoms with E-state index < -0.39 is 4.75 Å². The predicted molar refractivity (Wildman–Crippen MR) is 114 cm³/mol. The highest BCUT2D eigenvalue weighted by Crippen LogP contribution is 2.43. The van der Waals surface area contributed by atoms with Crippen molar-refractivity contribution in [2.45, 2.75) is 36.3 Å². The first-order valence-electron chi connectivity index (χ1n) is 9.43. The maximum Gasteiger partial charge on any atom is 0.187 e. The summed E-state index contributed by atoms with van der Waals surface area (Å²) in [5.74, 6) is 0.893. The molecule has 2 aliphatic heterocycles. The number of Topliss-reactive ketones (excluding diaryl/α,β-unsaturated/α-hetero) is 1. The van der Waals surface area contributed by atoms with Crippen molar-refractivity contribution in [3.63, 3.8) is 0 Å². The summed E-state index contributed by atoms with van der Waals surface area (Å²) in [6.07, 6.45) is 2.42. The Balaban J connectivity index is 1.71. The molecular weight excluding hydrogens is 422 g/mol. The summed E-state index contributed by atoms with van der Waals surface area (Å²) < 4.78 is 6.51. The number of aryl methyl sites for hydroxylation is 2. The fraction of sp³-hybridized carbons (Fsp3) is 0.409. The number of nitrogens with zero attached hydrogens (tertiary/aromatic N) is 1. The molecule has 27 heavy (non-hydrogen) atoms. The Hall–Kier alpha value is -1.30. The van der Waals surface area contributed by atoms with Crippen molar-refractivity contribution in [1.29, 1.82) is 0 Å². The van der Waals surface area contributed by atoms with Crippen molar-refractivity contribution >= 4 is 33.5 Å². The number of thioether (sulfide) groups is 1. The first-order chi connectivity index (χ1) is 13.0. The van der Waals surface area contributed by atoms with Crippen LogP contribution in [-0.4, -0.2) is 41.7 Å². The minimum Gasteiger partial charge on any atom is -0.491 e. The van der Waals surface area contributed by atoms with Crippen LogP contribution in [0, 0.1) is 13.8 Å². The summed E-state index contributed by atoms with van der Waals surface area (Å²) >= 11 is 5.24. The molecule has 1 atom stereocenters. The van der Waals surface area contributed by atoms with Crippen molar-refractivity contribution in [2.24, 2.45) is 0 Å². The van der Waals surface area contributed by atoms with E-state index in [1.54, 1.807) is 11.8 Å². The largest absolute Gasteiger partial charge is 0.491 e. The molecule has 1 fully saturated rings. The smallest absolute Gasteiger partial charge is 0.187 e. The molecule has 2 aliphatic rings. The molecule has 2 aromatic carbocycles. The molecule has 5 heteroatoms. The van der Waals surface area contributed by atoms with Crippen LogP contribution in [0.3, 0.4) is 0 Å². The van der Waals surface area contributed by atoms with Crippen LogP contribution in [0.5, 0.6) is 5.75 Å². The zero-order valence-electron chi connectivity index (χ0n) is 15.8. The summed E-state index contributed by atoms with van der Waals surface area (Å²) in [6.45, 7) is 7.37. The topological polar surface area (TPSA) is 29.5 Å². The average Bonchev–Trinajstić information content (AvgIpc) is 3.15. The van der Waals surface area contributed by atoms with Crippen LogP contribution in [0.15, 0.2) is 45.8 Å².